The van der Waals surface area contributed by atoms with Gasteiger partial charge in [-0.2, -0.15) is 0 Å². The average Bonchev–Trinajstić information content (AvgIpc) is 3.03. The number of carboxylic acid groups (broad SMARTS) is 1. The zero-order valence-electron chi connectivity index (χ0n) is 9.22. The molecule has 1 atom stereocenters. The molecule has 3 N–H and O–H groups in total. The molecule has 1 heterocycles. The minimum Gasteiger partial charge on any atom is -0.481 e. The van der Waals surface area contributed by atoms with E-state index in [0.717, 1.165) is 10.9 Å². The minimum absolute atomic E-state index is 0.392. The van der Waals surface area contributed by atoms with Gasteiger partial charge in [-0.05, 0) is 35.2 Å². The Bertz CT molecular complexity index is 586. The molecular formula is C13H13NO2S. The second-order valence-electron chi connectivity index (χ2n) is 4.63. The third-order valence-electron chi connectivity index (χ3n) is 3.66. The molecule has 2 aromatic rings. The van der Waals surface area contributed by atoms with E-state index in [9.17, 15) is 9.90 Å². The predicted octanol–water partition coefficient (Wildman–Crippen LogP) is 2.77. The predicted molar refractivity (Wildman–Crippen MR) is 68.1 cm³/mol. The average molecular weight is 247 g/mol. The molecule has 3 rings (SSSR count). The maximum Gasteiger partial charge on any atom is 0.311 e. The van der Waals surface area contributed by atoms with Gasteiger partial charge in [-0.1, -0.05) is 18.2 Å². The second-order valence-corrected chi connectivity index (χ2v) is 5.54. The number of carboxylic acids is 1. The minimum atomic E-state index is -0.764. The highest BCUT2D eigenvalue weighted by Crippen LogP contribution is 2.55. The van der Waals surface area contributed by atoms with Crippen LogP contribution < -0.4 is 5.73 Å². The van der Waals surface area contributed by atoms with E-state index in [2.05, 4.69) is 0 Å². The van der Waals surface area contributed by atoms with Crippen LogP contribution in [0.1, 0.15) is 24.4 Å². The van der Waals surface area contributed by atoms with Crippen LogP contribution in [0.3, 0.4) is 0 Å². The van der Waals surface area contributed by atoms with Gasteiger partial charge in [0.25, 0.3) is 0 Å². The fourth-order valence-corrected chi connectivity index (χ4v) is 3.33. The molecule has 1 fully saturated rings. The van der Waals surface area contributed by atoms with Crippen LogP contribution in [-0.2, 0) is 4.79 Å². The quantitative estimate of drug-likeness (QED) is 0.876. The van der Waals surface area contributed by atoms with Gasteiger partial charge in [0.05, 0.1) is 5.41 Å². The van der Waals surface area contributed by atoms with E-state index in [-0.39, 0.29) is 0 Å². The molecule has 88 valence electrons. The number of hydrogen-bond acceptors (Lipinski definition) is 3. The fraction of sp³-hybridized carbons (Fsp3) is 0.308. The van der Waals surface area contributed by atoms with Crippen molar-refractivity contribution < 1.29 is 9.90 Å². The summed E-state index contributed by atoms with van der Waals surface area (Å²) in [6, 6.07) is 7.61. The summed E-state index contributed by atoms with van der Waals surface area (Å²) in [6.07, 6.45) is 1.38. The van der Waals surface area contributed by atoms with Gasteiger partial charge in [0.15, 0.2) is 0 Å². The number of aliphatic carboxylic acids is 1. The monoisotopic (exact) mass is 247 g/mol. The van der Waals surface area contributed by atoms with Crippen LogP contribution in [0.15, 0.2) is 29.6 Å². The van der Waals surface area contributed by atoms with Gasteiger partial charge in [-0.25, -0.2) is 0 Å². The summed E-state index contributed by atoms with van der Waals surface area (Å²) in [5.74, 6) is -0.764. The number of rotatable bonds is 3. The van der Waals surface area contributed by atoms with Crippen molar-refractivity contribution in [2.45, 2.75) is 18.9 Å². The third kappa shape index (κ3) is 1.48. The largest absolute Gasteiger partial charge is 0.481 e. The van der Waals surface area contributed by atoms with Gasteiger partial charge in [0.2, 0.25) is 0 Å². The summed E-state index contributed by atoms with van der Waals surface area (Å²) >= 11 is 1.62. The summed E-state index contributed by atoms with van der Waals surface area (Å²) in [5, 5.41) is 12.4. The van der Waals surface area contributed by atoms with Crippen molar-refractivity contribution in [3.05, 3.63) is 35.2 Å². The summed E-state index contributed by atoms with van der Waals surface area (Å²) in [7, 11) is 0. The molecule has 1 saturated carbocycles. The summed E-state index contributed by atoms with van der Waals surface area (Å²) in [5.41, 5.74) is 6.43. The first-order chi connectivity index (χ1) is 8.15. The Morgan fingerprint density at radius 1 is 1.41 bits per heavy atom. The van der Waals surface area contributed by atoms with Crippen molar-refractivity contribution in [3.63, 3.8) is 0 Å². The number of fused-ring (bicyclic) bond motifs is 1. The van der Waals surface area contributed by atoms with Gasteiger partial charge in [-0.15, -0.1) is 11.3 Å². The van der Waals surface area contributed by atoms with E-state index in [1.165, 1.54) is 4.70 Å². The van der Waals surface area contributed by atoms with E-state index in [1.807, 2.05) is 29.6 Å². The van der Waals surface area contributed by atoms with Crippen molar-refractivity contribution in [2.24, 2.45) is 11.1 Å². The van der Waals surface area contributed by atoms with Gasteiger partial charge in [0, 0.05) is 10.7 Å². The van der Waals surface area contributed by atoms with Crippen molar-refractivity contribution >= 4 is 27.4 Å². The van der Waals surface area contributed by atoms with Crippen LogP contribution >= 0.6 is 11.3 Å². The third-order valence-corrected chi connectivity index (χ3v) is 4.64. The molecule has 1 aliphatic carbocycles. The van der Waals surface area contributed by atoms with Crippen LogP contribution in [0.5, 0.6) is 0 Å². The lowest BCUT2D eigenvalue weighted by Crippen LogP contribution is -2.29. The van der Waals surface area contributed by atoms with Gasteiger partial charge >= 0.3 is 5.97 Å². The molecular weight excluding hydrogens is 234 g/mol. The Balaban J connectivity index is 2.07. The van der Waals surface area contributed by atoms with Crippen LogP contribution in [0, 0.1) is 5.41 Å². The highest BCUT2D eigenvalue weighted by Gasteiger charge is 2.55. The number of benzene rings is 1. The van der Waals surface area contributed by atoms with Crippen molar-refractivity contribution in [1.29, 1.82) is 0 Å². The number of carbonyl (C=O) groups is 1. The Hall–Kier alpha value is -1.39. The first-order valence-electron chi connectivity index (χ1n) is 5.60. The summed E-state index contributed by atoms with van der Waals surface area (Å²) in [4.78, 5) is 11.3. The first kappa shape index (κ1) is 10.7. The SMILES string of the molecule is NC(c1csc2ccccc12)C1(C(=O)O)CC1. The normalized spacial score (nSPS) is 19.1. The molecule has 17 heavy (non-hydrogen) atoms. The van der Waals surface area contributed by atoms with Crippen LogP contribution in [0.2, 0.25) is 0 Å². The molecule has 0 aliphatic heterocycles. The molecule has 0 radical (unpaired) electrons. The summed E-state index contributed by atoms with van der Waals surface area (Å²) < 4.78 is 1.17. The lowest BCUT2D eigenvalue weighted by Gasteiger charge is -2.18. The maximum atomic E-state index is 11.3. The molecule has 1 aliphatic rings. The summed E-state index contributed by atoms with van der Waals surface area (Å²) in [6.45, 7) is 0. The van der Waals surface area contributed by atoms with Gasteiger partial charge in [-0.3, -0.25) is 4.79 Å². The molecule has 0 amide bonds. The van der Waals surface area contributed by atoms with Gasteiger partial charge < -0.3 is 10.8 Å². The van der Waals surface area contributed by atoms with Crippen LogP contribution in [-0.4, -0.2) is 11.1 Å². The van der Waals surface area contributed by atoms with E-state index >= 15 is 0 Å². The van der Waals surface area contributed by atoms with E-state index in [1.54, 1.807) is 11.3 Å². The zero-order valence-corrected chi connectivity index (χ0v) is 10.0. The van der Waals surface area contributed by atoms with Crippen LogP contribution in [0.4, 0.5) is 0 Å². The standard InChI is InChI=1S/C13H13NO2S/c14-11(13(5-6-13)12(15)16)9-7-17-10-4-2-1-3-8(9)10/h1-4,7,11H,5-6,14H2,(H,15,16). The maximum absolute atomic E-state index is 11.3. The van der Waals surface area contributed by atoms with Gasteiger partial charge in [0.1, 0.15) is 0 Å². The smallest absolute Gasteiger partial charge is 0.311 e. The number of nitrogens with two attached hydrogens (primary N) is 1. The molecule has 4 heteroatoms. The van der Waals surface area contributed by atoms with Crippen molar-refractivity contribution in [2.75, 3.05) is 0 Å². The van der Waals surface area contributed by atoms with E-state index in [4.69, 9.17) is 5.73 Å². The fourth-order valence-electron chi connectivity index (χ4n) is 2.33. The molecule has 0 bridgehead atoms. The van der Waals surface area contributed by atoms with Crippen molar-refractivity contribution in [1.82, 2.24) is 0 Å². The molecule has 1 unspecified atom stereocenters. The van der Waals surface area contributed by atoms with E-state index < -0.39 is 17.4 Å². The van der Waals surface area contributed by atoms with Crippen molar-refractivity contribution in [3.8, 4) is 0 Å². The Morgan fingerprint density at radius 3 is 2.76 bits per heavy atom. The van der Waals surface area contributed by atoms with Crippen LogP contribution in [0.25, 0.3) is 10.1 Å². The number of hydrogen-bond donors (Lipinski definition) is 2. The lowest BCUT2D eigenvalue weighted by atomic mass is 9.91. The first-order valence-corrected chi connectivity index (χ1v) is 6.48. The Labute approximate surface area is 103 Å². The number of thiophene rings is 1. The topological polar surface area (TPSA) is 63.3 Å². The molecule has 1 aromatic heterocycles. The highest BCUT2D eigenvalue weighted by molar-refractivity contribution is 7.17. The Morgan fingerprint density at radius 2 is 2.12 bits per heavy atom. The second kappa shape index (κ2) is 3.55. The van der Waals surface area contributed by atoms with E-state index in [0.29, 0.717) is 12.8 Å². The highest BCUT2D eigenvalue weighted by atomic mass is 32.1. The lowest BCUT2D eigenvalue weighted by molar-refractivity contribution is -0.144. The molecule has 3 nitrogen and oxygen atoms in total. The molecule has 0 saturated heterocycles. The zero-order chi connectivity index (χ0) is 12.0. The molecule has 0 spiro atoms. The molecule has 1 aromatic carbocycles. The Kier molecular flexibility index (Phi) is 2.24.